The van der Waals surface area contributed by atoms with Gasteiger partial charge in [-0.05, 0) is 48.9 Å². The van der Waals surface area contributed by atoms with E-state index in [0.29, 0.717) is 23.1 Å². The number of piperazine rings is 1. The fourth-order valence-corrected chi connectivity index (χ4v) is 4.39. The Morgan fingerprint density at radius 1 is 1.15 bits per heavy atom. The molecule has 0 amide bonds. The molecule has 0 atom stereocenters. The summed E-state index contributed by atoms with van der Waals surface area (Å²) >= 11 is 6.43. The van der Waals surface area contributed by atoms with Crippen molar-refractivity contribution >= 4 is 34.7 Å². The normalized spacial score (nSPS) is 14.1. The van der Waals surface area contributed by atoms with Gasteiger partial charge in [-0.25, -0.2) is 9.97 Å². The molecule has 0 unspecified atom stereocenters. The molecular weight excluding hydrogens is 446 g/mol. The monoisotopic (exact) mass is 475 g/mol. The van der Waals surface area contributed by atoms with Gasteiger partial charge in [0.2, 0.25) is 5.95 Å². The molecule has 0 aliphatic carbocycles. The molecule has 176 valence electrons. The lowest BCUT2D eigenvalue weighted by Gasteiger charge is -2.36. The van der Waals surface area contributed by atoms with Crippen molar-refractivity contribution in [1.29, 1.82) is 0 Å². The summed E-state index contributed by atoms with van der Waals surface area (Å²) in [5.41, 5.74) is 4.46. The lowest BCUT2D eigenvalue weighted by molar-refractivity contribution is -0.114. The minimum Gasteiger partial charge on any atom is -0.369 e. The Bertz CT molecular complexity index is 1160. The zero-order valence-corrected chi connectivity index (χ0v) is 20.3. The van der Waals surface area contributed by atoms with E-state index in [9.17, 15) is 4.79 Å². The molecule has 1 aliphatic heterocycles. The van der Waals surface area contributed by atoms with Crippen LogP contribution in [0.15, 0.2) is 67.4 Å². The first kappa shape index (κ1) is 23.9. The van der Waals surface area contributed by atoms with E-state index in [1.807, 2.05) is 36.4 Å². The number of hydrogen-bond donors (Lipinski definition) is 1. The van der Waals surface area contributed by atoms with Crippen molar-refractivity contribution in [2.75, 3.05) is 42.9 Å². The average molecular weight is 476 g/mol. The molecule has 0 saturated carbocycles. The molecule has 1 saturated heterocycles. The number of halogens is 1. The van der Waals surface area contributed by atoms with Crippen LogP contribution < -0.4 is 10.2 Å². The third-order valence-electron chi connectivity index (χ3n) is 5.93. The van der Waals surface area contributed by atoms with Crippen molar-refractivity contribution in [1.82, 2.24) is 14.9 Å². The molecule has 2 heterocycles. The molecule has 6 nitrogen and oxygen atoms in total. The van der Waals surface area contributed by atoms with E-state index in [-0.39, 0.29) is 5.78 Å². The zero-order chi connectivity index (χ0) is 23.9. The van der Waals surface area contributed by atoms with Gasteiger partial charge in [0.25, 0.3) is 0 Å². The van der Waals surface area contributed by atoms with Crippen molar-refractivity contribution in [3.63, 3.8) is 0 Å². The molecule has 3 aromatic rings. The van der Waals surface area contributed by atoms with Crippen molar-refractivity contribution in [2.24, 2.45) is 0 Å². The van der Waals surface area contributed by atoms with E-state index in [0.717, 1.165) is 43.0 Å². The third-order valence-corrected chi connectivity index (χ3v) is 6.21. The number of nitrogens with one attached hydrogen (secondary N) is 1. The number of carbonyl (C=O) groups is 1. The van der Waals surface area contributed by atoms with E-state index in [4.69, 9.17) is 11.6 Å². The van der Waals surface area contributed by atoms with Crippen LogP contribution in [0.1, 0.15) is 18.9 Å². The third kappa shape index (κ3) is 6.01. The summed E-state index contributed by atoms with van der Waals surface area (Å²) < 4.78 is 0. The van der Waals surface area contributed by atoms with Gasteiger partial charge in [-0.1, -0.05) is 49.4 Å². The van der Waals surface area contributed by atoms with E-state index in [2.05, 4.69) is 50.7 Å². The minimum atomic E-state index is -0.0278. The van der Waals surface area contributed by atoms with Gasteiger partial charge < -0.3 is 10.2 Å². The van der Waals surface area contributed by atoms with Crippen LogP contribution in [0.5, 0.6) is 0 Å². The molecule has 1 N–H and O–H groups in total. The molecule has 0 radical (unpaired) electrons. The Kier molecular flexibility index (Phi) is 7.93. The van der Waals surface area contributed by atoms with Gasteiger partial charge in [0.1, 0.15) is 0 Å². The van der Waals surface area contributed by atoms with Crippen LogP contribution in [-0.4, -0.2) is 53.4 Å². The number of ketones is 1. The van der Waals surface area contributed by atoms with E-state index in [1.54, 1.807) is 6.20 Å². The maximum absolute atomic E-state index is 11.8. The second-order valence-electron chi connectivity index (χ2n) is 8.44. The number of allylic oxidation sites excluding steroid dienone is 1. The SMILES string of the molecule is C=CC(=O)Cc1cccc(-c2nc(Nc3cccc(N4CCN(CCC)CC4)c3)ncc2Cl)c1. The molecule has 1 aromatic heterocycles. The zero-order valence-electron chi connectivity index (χ0n) is 19.5. The molecule has 0 spiro atoms. The summed E-state index contributed by atoms with van der Waals surface area (Å²) in [5.74, 6) is 0.442. The van der Waals surface area contributed by atoms with Gasteiger partial charge in [0.15, 0.2) is 5.78 Å². The Labute approximate surface area is 206 Å². The molecule has 34 heavy (non-hydrogen) atoms. The van der Waals surface area contributed by atoms with E-state index >= 15 is 0 Å². The first-order chi connectivity index (χ1) is 16.6. The van der Waals surface area contributed by atoms with E-state index in [1.165, 1.54) is 24.7 Å². The first-order valence-corrected chi connectivity index (χ1v) is 12.0. The Morgan fingerprint density at radius 2 is 1.94 bits per heavy atom. The highest BCUT2D eigenvalue weighted by Crippen LogP contribution is 2.29. The van der Waals surface area contributed by atoms with Crippen LogP contribution in [0.2, 0.25) is 5.02 Å². The number of benzene rings is 2. The second-order valence-corrected chi connectivity index (χ2v) is 8.85. The fourth-order valence-electron chi connectivity index (χ4n) is 4.19. The molecular formula is C27H30ClN5O. The molecule has 1 fully saturated rings. The maximum atomic E-state index is 11.8. The standard InChI is InChI=1S/C27H30ClN5O/c1-3-11-32-12-14-33(15-13-32)23-10-6-9-22(18-23)30-27-29-19-25(28)26(31-27)21-8-5-7-20(16-21)17-24(34)4-2/h4-10,16,18-19H,2-3,11-15,17H2,1H3,(H,29,30,31). The molecule has 7 heteroatoms. The van der Waals surface area contributed by atoms with Crippen molar-refractivity contribution in [3.8, 4) is 11.3 Å². The quantitative estimate of drug-likeness (QED) is 0.420. The maximum Gasteiger partial charge on any atom is 0.227 e. The molecule has 4 rings (SSSR count). The van der Waals surface area contributed by atoms with Crippen LogP contribution in [0.4, 0.5) is 17.3 Å². The van der Waals surface area contributed by atoms with E-state index < -0.39 is 0 Å². The van der Waals surface area contributed by atoms with Crippen LogP contribution in [0.3, 0.4) is 0 Å². The Morgan fingerprint density at radius 3 is 2.71 bits per heavy atom. The van der Waals surface area contributed by atoms with Gasteiger partial charge in [-0.15, -0.1) is 0 Å². The van der Waals surface area contributed by atoms with Crippen molar-refractivity contribution < 1.29 is 4.79 Å². The average Bonchev–Trinajstić information content (AvgIpc) is 2.86. The van der Waals surface area contributed by atoms with Crippen molar-refractivity contribution in [3.05, 3.63) is 78.0 Å². The van der Waals surface area contributed by atoms with Crippen LogP contribution in [0.25, 0.3) is 11.3 Å². The molecule has 1 aliphatic rings. The number of nitrogens with zero attached hydrogens (tertiary/aromatic N) is 4. The smallest absolute Gasteiger partial charge is 0.227 e. The summed E-state index contributed by atoms with van der Waals surface area (Å²) in [4.78, 5) is 25.7. The van der Waals surface area contributed by atoms with Crippen molar-refractivity contribution in [2.45, 2.75) is 19.8 Å². The van der Waals surface area contributed by atoms with Crippen LogP contribution >= 0.6 is 11.6 Å². The highest BCUT2D eigenvalue weighted by atomic mass is 35.5. The summed E-state index contributed by atoms with van der Waals surface area (Å²) in [6.45, 7) is 11.2. The van der Waals surface area contributed by atoms with Gasteiger partial charge in [-0.3, -0.25) is 9.69 Å². The minimum absolute atomic E-state index is 0.0278. The largest absolute Gasteiger partial charge is 0.369 e. The summed E-state index contributed by atoms with van der Waals surface area (Å²) in [6.07, 6.45) is 4.43. The lowest BCUT2D eigenvalue weighted by atomic mass is 10.0. The summed E-state index contributed by atoms with van der Waals surface area (Å²) in [6, 6.07) is 16.0. The number of carbonyl (C=O) groups excluding carboxylic acids is 1. The second kappa shape index (κ2) is 11.3. The van der Waals surface area contributed by atoms with Gasteiger partial charge in [-0.2, -0.15) is 0 Å². The predicted molar refractivity (Wildman–Crippen MR) is 140 cm³/mol. The molecule has 0 bridgehead atoms. The highest BCUT2D eigenvalue weighted by molar-refractivity contribution is 6.32. The summed E-state index contributed by atoms with van der Waals surface area (Å²) in [7, 11) is 0. The molecule has 2 aromatic carbocycles. The topological polar surface area (TPSA) is 61.4 Å². The Hall–Kier alpha value is -3.22. The van der Waals surface area contributed by atoms with Crippen LogP contribution in [0, 0.1) is 0 Å². The number of anilines is 3. The van der Waals surface area contributed by atoms with Gasteiger partial charge >= 0.3 is 0 Å². The number of aromatic nitrogens is 2. The Balaban J connectivity index is 1.50. The van der Waals surface area contributed by atoms with Crippen LogP contribution in [-0.2, 0) is 11.2 Å². The highest BCUT2D eigenvalue weighted by Gasteiger charge is 2.17. The fraction of sp³-hybridized carbons (Fsp3) is 0.296. The predicted octanol–water partition coefficient (Wildman–Crippen LogP) is 5.37. The van der Waals surface area contributed by atoms with Gasteiger partial charge in [0, 0.05) is 49.5 Å². The summed E-state index contributed by atoms with van der Waals surface area (Å²) in [5, 5.41) is 3.78. The first-order valence-electron chi connectivity index (χ1n) is 11.7. The number of rotatable bonds is 9. The van der Waals surface area contributed by atoms with Gasteiger partial charge in [0.05, 0.1) is 16.9 Å². The number of hydrogen-bond acceptors (Lipinski definition) is 6. The lowest BCUT2D eigenvalue weighted by Crippen LogP contribution is -2.46.